The number of benzene rings is 1. The van der Waals surface area contributed by atoms with Crippen molar-refractivity contribution in [1.82, 2.24) is 0 Å². The molecule has 5 heteroatoms. The summed E-state index contributed by atoms with van der Waals surface area (Å²) in [4.78, 5) is 1.38. The maximum absolute atomic E-state index is 12.2. The van der Waals surface area contributed by atoms with Gasteiger partial charge in [0.15, 0.2) is 0 Å². The van der Waals surface area contributed by atoms with Gasteiger partial charge in [-0.1, -0.05) is 17.7 Å². The second kappa shape index (κ2) is 5.28. The number of hydrogen-bond acceptors (Lipinski definition) is 2. The smallest absolute Gasteiger partial charge is 0.255 e. The van der Waals surface area contributed by atoms with Crippen LogP contribution in [0.25, 0.3) is 0 Å². The molecule has 0 radical (unpaired) electrons. The van der Waals surface area contributed by atoms with Crippen molar-refractivity contribution in [3.63, 3.8) is 0 Å². The molecule has 0 spiro atoms. The average Bonchev–Trinajstić information content (AvgIpc) is 2.16. The van der Waals surface area contributed by atoms with E-state index < -0.39 is 6.43 Å². The highest BCUT2D eigenvalue weighted by atomic mass is 35.5. The van der Waals surface area contributed by atoms with E-state index in [9.17, 15) is 8.78 Å². The van der Waals surface area contributed by atoms with E-state index in [1.165, 1.54) is 11.9 Å². The van der Waals surface area contributed by atoms with Gasteiger partial charge in [-0.25, -0.2) is 8.78 Å². The minimum absolute atomic E-state index is 0.194. The van der Waals surface area contributed by atoms with Crippen molar-refractivity contribution in [2.45, 2.75) is 13.0 Å². The molecule has 0 aliphatic carbocycles. The Morgan fingerprint density at radius 3 is 2.67 bits per heavy atom. The summed E-state index contributed by atoms with van der Waals surface area (Å²) in [5.41, 5.74) is 1.12. The number of aliphatic hydroxyl groups excluding tert-OH is 1. The Labute approximate surface area is 92.1 Å². The molecular weight excluding hydrogens is 224 g/mol. The molecule has 0 bridgehead atoms. The molecule has 1 aromatic rings. The Morgan fingerprint density at radius 2 is 2.13 bits per heavy atom. The first kappa shape index (κ1) is 12.2. The Kier molecular flexibility index (Phi) is 4.29. The van der Waals surface area contributed by atoms with Crippen molar-refractivity contribution in [2.24, 2.45) is 0 Å². The molecule has 0 amide bonds. The summed E-state index contributed by atoms with van der Waals surface area (Å²) in [7, 11) is 1.54. The Hall–Kier alpha value is -0.870. The fourth-order valence-corrected chi connectivity index (χ4v) is 1.50. The van der Waals surface area contributed by atoms with Gasteiger partial charge in [0.25, 0.3) is 6.43 Å². The van der Waals surface area contributed by atoms with Crippen molar-refractivity contribution in [1.29, 1.82) is 0 Å². The monoisotopic (exact) mass is 235 g/mol. The van der Waals surface area contributed by atoms with Crippen LogP contribution in [0.5, 0.6) is 0 Å². The molecule has 0 aliphatic rings. The molecule has 0 aromatic heterocycles. The zero-order chi connectivity index (χ0) is 11.4. The van der Waals surface area contributed by atoms with Gasteiger partial charge < -0.3 is 10.0 Å². The zero-order valence-corrected chi connectivity index (χ0v) is 9.01. The second-order valence-corrected chi connectivity index (χ2v) is 3.64. The predicted molar refractivity (Wildman–Crippen MR) is 56.6 cm³/mol. The lowest BCUT2D eigenvalue weighted by molar-refractivity contribution is 0.156. The maximum atomic E-state index is 12.2. The third kappa shape index (κ3) is 3.32. The highest BCUT2D eigenvalue weighted by molar-refractivity contribution is 6.30. The van der Waals surface area contributed by atoms with E-state index >= 15 is 0 Å². The van der Waals surface area contributed by atoms with Crippen LogP contribution in [0.3, 0.4) is 0 Å². The van der Waals surface area contributed by atoms with Crippen molar-refractivity contribution in [2.75, 3.05) is 18.5 Å². The number of alkyl halides is 2. The second-order valence-electron chi connectivity index (χ2n) is 3.20. The molecule has 2 nitrogen and oxygen atoms in total. The molecule has 1 rings (SSSR count). The Bertz CT molecular complexity index is 333. The quantitative estimate of drug-likeness (QED) is 0.867. The summed E-state index contributed by atoms with van der Waals surface area (Å²) in [5, 5.41) is 9.50. The fraction of sp³-hybridized carbons (Fsp3) is 0.400. The number of halogens is 3. The summed E-state index contributed by atoms with van der Waals surface area (Å²) < 4.78 is 24.3. The van der Waals surface area contributed by atoms with Crippen LogP contribution < -0.4 is 4.90 Å². The standard InChI is InChI=1S/C10H12ClF2NO/c1-14(5-10(12)13)9-4-8(11)3-2-7(9)6-15/h2-4,10,15H,5-6H2,1H3. The predicted octanol–water partition coefficient (Wildman–Crippen LogP) is 2.53. The van der Waals surface area contributed by atoms with Crippen LogP contribution in [0.2, 0.25) is 5.02 Å². The van der Waals surface area contributed by atoms with Crippen LogP contribution in [0, 0.1) is 0 Å². The van der Waals surface area contributed by atoms with E-state index in [1.807, 2.05) is 0 Å². The molecule has 0 heterocycles. The van der Waals surface area contributed by atoms with E-state index in [0.717, 1.165) is 0 Å². The van der Waals surface area contributed by atoms with E-state index in [2.05, 4.69) is 0 Å². The number of anilines is 1. The molecule has 1 N–H and O–H groups in total. The van der Waals surface area contributed by atoms with Crippen molar-refractivity contribution in [3.8, 4) is 0 Å². The maximum Gasteiger partial charge on any atom is 0.255 e. The largest absolute Gasteiger partial charge is 0.392 e. The molecule has 0 unspecified atom stereocenters. The van der Waals surface area contributed by atoms with Crippen molar-refractivity contribution < 1.29 is 13.9 Å². The molecule has 1 aromatic carbocycles. The molecular formula is C10H12ClF2NO. The van der Waals surface area contributed by atoms with Gasteiger partial charge in [0.05, 0.1) is 13.2 Å². The molecule has 15 heavy (non-hydrogen) atoms. The van der Waals surface area contributed by atoms with E-state index in [0.29, 0.717) is 16.3 Å². The van der Waals surface area contributed by atoms with Crippen LogP contribution >= 0.6 is 11.6 Å². The lowest BCUT2D eigenvalue weighted by Crippen LogP contribution is -2.25. The van der Waals surface area contributed by atoms with E-state index in [-0.39, 0.29) is 13.2 Å². The fourth-order valence-electron chi connectivity index (χ4n) is 1.33. The average molecular weight is 236 g/mol. The topological polar surface area (TPSA) is 23.5 Å². The first-order chi connectivity index (χ1) is 7.04. The van der Waals surface area contributed by atoms with Gasteiger partial charge in [-0.15, -0.1) is 0 Å². The minimum Gasteiger partial charge on any atom is -0.392 e. The number of nitrogens with zero attached hydrogens (tertiary/aromatic N) is 1. The van der Waals surface area contributed by atoms with Crippen LogP contribution in [0.15, 0.2) is 18.2 Å². The van der Waals surface area contributed by atoms with Crippen LogP contribution in [0.4, 0.5) is 14.5 Å². The lowest BCUT2D eigenvalue weighted by Gasteiger charge is -2.21. The molecule has 0 saturated carbocycles. The van der Waals surface area contributed by atoms with Crippen molar-refractivity contribution in [3.05, 3.63) is 28.8 Å². The third-order valence-electron chi connectivity index (χ3n) is 2.04. The zero-order valence-electron chi connectivity index (χ0n) is 8.25. The van der Waals surface area contributed by atoms with Gasteiger partial charge in [-0.2, -0.15) is 0 Å². The van der Waals surface area contributed by atoms with Gasteiger partial charge >= 0.3 is 0 Å². The van der Waals surface area contributed by atoms with E-state index in [1.54, 1.807) is 18.2 Å². The highest BCUT2D eigenvalue weighted by Crippen LogP contribution is 2.24. The first-order valence-electron chi connectivity index (χ1n) is 4.43. The van der Waals surface area contributed by atoms with Crippen LogP contribution in [-0.4, -0.2) is 25.1 Å². The normalized spacial score (nSPS) is 10.8. The van der Waals surface area contributed by atoms with Gasteiger partial charge in [0, 0.05) is 23.3 Å². The summed E-state index contributed by atoms with van der Waals surface area (Å²) in [6, 6.07) is 4.81. The first-order valence-corrected chi connectivity index (χ1v) is 4.81. The van der Waals surface area contributed by atoms with Gasteiger partial charge in [0.1, 0.15) is 0 Å². The Balaban J connectivity index is 2.94. The van der Waals surface area contributed by atoms with Gasteiger partial charge in [-0.3, -0.25) is 0 Å². The number of rotatable bonds is 4. The Morgan fingerprint density at radius 1 is 1.47 bits per heavy atom. The number of hydrogen-bond donors (Lipinski definition) is 1. The third-order valence-corrected chi connectivity index (χ3v) is 2.28. The lowest BCUT2D eigenvalue weighted by atomic mass is 10.1. The summed E-state index contributed by atoms with van der Waals surface area (Å²) in [5.74, 6) is 0. The molecule has 0 fully saturated rings. The summed E-state index contributed by atoms with van der Waals surface area (Å²) >= 11 is 5.76. The summed E-state index contributed by atoms with van der Waals surface area (Å²) in [6.07, 6.45) is -2.42. The summed E-state index contributed by atoms with van der Waals surface area (Å²) in [6.45, 7) is -0.576. The molecule has 84 valence electrons. The minimum atomic E-state index is -2.42. The highest BCUT2D eigenvalue weighted by Gasteiger charge is 2.12. The number of aliphatic hydroxyl groups is 1. The molecule has 0 atom stereocenters. The van der Waals surface area contributed by atoms with Crippen LogP contribution in [0.1, 0.15) is 5.56 Å². The van der Waals surface area contributed by atoms with Crippen LogP contribution in [-0.2, 0) is 6.61 Å². The van der Waals surface area contributed by atoms with Gasteiger partial charge in [-0.05, 0) is 12.1 Å². The van der Waals surface area contributed by atoms with Crippen molar-refractivity contribution >= 4 is 17.3 Å². The van der Waals surface area contributed by atoms with E-state index in [4.69, 9.17) is 16.7 Å². The molecule has 0 saturated heterocycles. The van der Waals surface area contributed by atoms with Gasteiger partial charge in [0.2, 0.25) is 0 Å². The SMILES string of the molecule is CN(CC(F)F)c1cc(Cl)ccc1CO. The molecule has 0 aliphatic heterocycles.